The van der Waals surface area contributed by atoms with Crippen molar-refractivity contribution >= 4 is 17.4 Å². The van der Waals surface area contributed by atoms with Gasteiger partial charge in [0.25, 0.3) is 5.91 Å². The van der Waals surface area contributed by atoms with Gasteiger partial charge in [0, 0.05) is 17.7 Å². The second kappa shape index (κ2) is 7.67. The van der Waals surface area contributed by atoms with Crippen LogP contribution in [0.4, 0.5) is 14.5 Å². The molecule has 0 saturated carbocycles. The fourth-order valence-electron chi connectivity index (χ4n) is 3.16. The van der Waals surface area contributed by atoms with Crippen LogP contribution in [0.25, 0.3) is 0 Å². The SMILES string of the molecule is COc1cnc(C(=O)Nc2ccc(F)c([C@@]3(C)N=C(N)[C@@](C)(C#N)C[C@H]3F)c2)cn1. The lowest BCUT2D eigenvalue weighted by molar-refractivity contribution is 0.102. The Labute approximate surface area is 171 Å². The summed E-state index contributed by atoms with van der Waals surface area (Å²) >= 11 is 0. The Kier molecular flexibility index (Phi) is 5.39. The topological polar surface area (TPSA) is 126 Å². The summed E-state index contributed by atoms with van der Waals surface area (Å²) in [6.07, 6.45) is 0.618. The summed E-state index contributed by atoms with van der Waals surface area (Å²) in [5, 5.41) is 11.9. The highest BCUT2D eigenvalue weighted by Crippen LogP contribution is 2.44. The largest absolute Gasteiger partial charge is 0.480 e. The minimum atomic E-state index is -1.66. The molecule has 0 spiro atoms. The van der Waals surface area contributed by atoms with Gasteiger partial charge in [-0.1, -0.05) is 0 Å². The Morgan fingerprint density at radius 1 is 1.37 bits per heavy atom. The molecule has 2 aromatic rings. The Morgan fingerprint density at radius 3 is 2.70 bits per heavy atom. The first kappa shape index (κ1) is 21.1. The van der Waals surface area contributed by atoms with Crippen LogP contribution in [0, 0.1) is 22.6 Å². The lowest BCUT2D eigenvalue weighted by Crippen LogP contribution is -2.48. The predicted octanol–water partition coefficient (Wildman–Crippen LogP) is 2.72. The number of carbonyl (C=O) groups is 1. The number of amides is 1. The van der Waals surface area contributed by atoms with Crippen molar-refractivity contribution in [3.63, 3.8) is 0 Å². The number of rotatable bonds is 4. The van der Waals surface area contributed by atoms with E-state index in [1.165, 1.54) is 45.5 Å². The number of amidine groups is 1. The molecule has 0 unspecified atom stereocenters. The lowest BCUT2D eigenvalue weighted by Gasteiger charge is -2.39. The number of ether oxygens (including phenoxy) is 1. The number of halogens is 2. The Hall–Kier alpha value is -3.61. The number of nitrogens with one attached hydrogen (secondary N) is 1. The van der Waals surface area contributed by atoms with E-state index in [-0.39, 0.29) is 35.1 Å². The number of benzene rings is 1. The fraction of sp³-hybridized carbons (Fsp3) is 0.350. The minimum absolute atomic E-state index is 0.0148. The third kappa shape index (κ3) is 3.66. The van der Waals surface area contributed by atoms with Gasteiger partial charge in [-0.2, -0.15) is 5.26 Å². The number of hydrogen-bond donors (Lipinski definition) is 2. The number of carbonyl (C=O) groups excluding carboxylic acids is 1. The number of nitrogens with two attached hydrogens (primary N) is 1. The van der Waals surface area contributed by atoms with Gasteiger partial charge in [-0.25, -0.2) is 18.7 Å². The molecular weight excluding hydrogens is 394 g/mol. The molecule has 1 aromatic heterocycles. The molecule has 156 valence electrons. The number of nitriles is 1. The highest BCUT2D eigenvalue weighted by molar-refractivity contribution is 6.02. The molecule has 1 aliphatic rings. The van der Waals surface area contributed by atoms with E-state index >= 15 is 4.39 Å². The van der Waals surface area contributed by atoms with Gasteiger partial charge in [-0.05, 0) is 32.0 Å². The van der Waals surface area contributed by atoms with Crippen LogP contribution in [-0.4, -0.2) is 35.0 Å². The number of hydrogen-bond acceptors (Lipinski definition) is 7. The molecule has 10 heteroatoms. The molecule has 0 bridgehead atoms. The van der Waals surface area contributed by atoms with Gasteiger partial charge in [0.2, 0.25) is 5.88 Å². The zero-order valence-corrected chi connectivity index (χ0v) is 16.6. The van der Waals surface area contributed by atoms with Crippen molar-refractivity contribution in [1.82, 2.24) is 9.97 Å². The summed E-state index contributed by atoms with van der Waals surface area (Å²) in [4.78, 5) is 24.4. The fourth-order valence-corrected chi connectivity index (χ4v) is 3.16. The first-order valence-corrected chi connectivity index (χ1v) is 9.01. The first-order chi connectivity index (χ1) is 14.1. The molecule has 2 heterocycles. The predicted molar refractivity (Wildman–Crippen MR) is 105 cm³/mol. The van der Waals surface area contributed by atoms with Crippen molar-refractivity contribution in [3.8, 4) is 11.9 Å². The summed E-state index contributed by atoms with van der Waals surface area (Å²) in [5.41, 5.74) is 3.13. The lowest BCUT2D eigenvalue weighted by atomic mass is 9.73. The van der Waals surface area contributed by atoms with Gasteiger partial charge in [-0.15, -0.1) is 0 Å². The summed E-state index contributed by atoms with van der Waals surface area (Å²) in [5.74, 6) is -1.12. The molecular formula is C20H20F2N6O2. The number of alkyl halides is 1. The molecule has 30 heavy (non-hydrogen) atoms. The van der Waals surface area contributed by atoms with E-state index in [2.05, 4.69) is 20.3 Å². The van der Waals surface area contributed by atoms with Crippen molar-refractivity contribution in [3.05, 3.63) is 47.7 Å². The summed E-state index contributed by atoms with van der Waals surface area (Å²) < 4.78 is 34.6. The molecule has 0 saturated heterocycles. The van der Waals surface area contributed by atoms with Crippen molar-refractivity contribution in [1.29, 1.82) is 5.26 Å². The van der Waals surface area contributed by atoms with E-state index in [1.54, 1.807) is 0 Å². The third-order valence-corrected chi connectivity index (χ3v) is 5.20. The smallest absolute Gasteiger partial charge is 0.275 e. The van der Waals surface area contributed by atoms with E-state index in [1.807, 2.05) is 6.07 Å². The van der Waals surface area contributed by atoms with Crippen molar-refractivity contribution in [2.45, 2.75) is 32.0 Å². The maximum absolute atomic E-state index is 15.1. The second-order valence-corrected chi connectivity index (χ2v) is 7.35. The minimum Gasteiger partial charge on any atom is -0.480 e. The van der Waals surface area contributed by atoms with Crippen LogP contribution in [-0.2, 0) is 5.54 Å². The zero-order valence-electron chi connectivity index (χ0n) is 16.6. The first-order valence-electron chi connectivity index (χ1n) is 9.01. The summed E-state index contributed by atoms with van der Waals surface area (Å²) in [6.45, 7) is 2.89. The summed E-state index contributed by atoms with van der Waals surface area (Å²) in [7, 11) is 1.42. The normalized spacial score (nSPS) is 25.7. The second-order valence-electron chi connectivity index (χ2n) is 7.35. The van der Waals surface area contributed by atoms with Crippen LogP contribution in [0.3, 0.4) is 0 Å². The molecule has 3 N–H and O–H groups in total. The van der Waals surface area contributed by atoms with Crippen LogP contribution in [0.15, 0.2) is 35.6 Å². The van der Waals surface area contributed by atoms with Crippen LogP contribution in [0.5, 0.6) is 5.88 Å². The molecule has 1 aromatic carbocycles. The molecule has 3 atom stereocenters. The van der Waals surface area contributed by atoms with Gasteiger partial charge in [0.05, 0.1) is 25.6 Å². The number of anilines is 1. The molecule has 0 aliphatic carbocycles. The van der Waals surface area contributed by atoms with Gasteiger partial charge in [0.1, 0.15) is 34.5 Å². The van der Waals surface area contributed by atoms with Crippen LogP contribution < -0.4 is 15.8 Å². The van der Waals surface area contributed by atoms with E-state index in [9.17, 15) is 14.4 Å². The Balaban J connectivity index is 1.93. The number of methoxy groups -OCH3 is 1. The maximum Gasteiger partial charge on any atom is 0.275 e. The van der Waals surface area contributed by atoms with Gasteiger partial charge < -0.3 is 15.8 Å². The molecule has 0 radical (unpaired) electrons. The quantitative estimate of drug-likeness (QED) is 0.792. The zero-order chi connectivity index (χ0) is 22.1. The Bertz CT molecular complexity index is 1050. The highest BCUT2D eigenvalue weighted by Gasteiger charge is 2.49. The van der Waals surface area contributed by atoms with Crippen LogP contribution in [0.2, 0.25) is 0 Å². The molecule has 3 rings (SSSR count). The molecule has 0 fully saturated rings. The number of aliphatic imine (C=N–C) groups is 1. The summed E-state index contributed by atoms with van der Waals surface area (Å²) in [6, 6.07) is 5.69. The third-order valence-electron chi connectivity index (χ3n) is 5.20. The molecule has 1 aliphatic heterocycles. The Morgan fingerprint density at radius 2 is 2.10 bits per heavy atom. The average molecular weight is 414 g/mol. The molecule has 1 amide bonds. The van der Waals surface area contributed by atoms with Crippen molar-refractivity contribution in [2.75, 3.05) is 12.4 Å². The molecule has 8 nitrogen and oxygen atoms in total. The van der Waals surface area contributed by atoms with E-state index < -0.39 is 28.8 Å². The average Bonchev–Trinajstić information content (AvgIpc) is 2.73. The van der Waals surface area contributed by atoms with Gasteiger partial charge in [0.15, 0.2) is 0 Å². The number of nitrogens with zero attached hydrogens (tertiary/aromatic N) is 4. The van der Waals surface area contributed by atoms with E-state index in [0.29, 0.717) is 0 Å². The van der Waals surface area contributed by atoms with E-state index in [0.717, 1.165) is 6.07 Å². The van der Waals surface area contributed by atoms with Crippen molar-refractivity contribution in [2.24, 2.45) is 16.1 Å². The van der Waals surface area contributed by atoms with Crippen molar-refractivity contribution < 1.29 is 18.3 Å². The monoisotopic (exact) mass is 414 g/mol. The van der Waals surface area contributed by atoms with E-state index in [4.69, 9.17) is 10.5 Å². The van der Waals surface area contributed by atoms with Crippen LogP contribution >= 0.6 is 0 Å². The van der Waals surface area contributed by atoms with Gasteiger partial charge in [-0.3, -0.25) is 9.79 Å². The van der Waals surface area contributed by atoms with Crippen LogP contribution in [0.1, 0.15) is 36.3 Å². The van der Waals surface area contributed by atoms with Gasteiger partial charge >= 0.3 is 0 Å². The standard InChI is InChI=1S/C20H20F2N6O2/c1-19(10-23)7-15(22)20(2,28-18(19)24)12-6-11(4-5-13(12)21)27-17(29)14-8-26-16(30-3)9-25-14/h4-6,8-9,15H,7H2,1-3H3,(H2,24,28)(H,27,29)/t15-,19-,20-/m1/s1. The number of aromatic nitrogens is 2. The maximum atomic E-state index is 15.1. The highest BCUT2D eigenvalue weighted by atomic mass is 19.1.